The number of rotatable bonds is 12. The Hall–Kier alpha value is -1.42. The lowest BCUT2D eigenvalue weighted by atomic mass is 10.2. The smallest absolute Gasteiger partial charge is 0.191 e. The van der Waals surface area contributed by atoms with Gasteiger partial charge in [0.2, 0.25) is 0 Å². The topological polar surface area (TPSA) is 61.4 Å². The second-order valence-electron chi connectivity index (χ2n) is 7.64. The third-order valence-corrected chi connectivity index (χ3v) is 5.62. The summed E-state index contributed by atoms with van der Waals surface area (Å²) in [6.45, 7) is 13.6. The maximum atomic E-state index is 5.42. The summed E-state index contributed by atoms with van der Waals surface area (Å²) >= 11 is 0. The summed E-state index contributed by atoms with van der Waals surface area (Å²) in [4.78, 5) is 9.63. The molecular weight excluding hydrogens is 505 g/mol. The molecular formula is C23H42IN5O2. The first kappa shape index (κ1) is 27.6. The van der Waals surface area contributed by atoms with Gasteiger partial charge in [0.25, 0.3) is 0 Å². The van der Waals surface area contributed by atoms with Crippen molar-refractivity contribution < 1.29 is 9.47 Å². The molecule has 0 radical (unpaired) electrons. The molecule has 0 saturated carbocycles. The number of hydrogen-bond donors (Lipinski definition) is 2. The van der Waals surface area contributed by atoms with Crippen molar-refractivity contribution in [3.63, 3.8) is 0 Å². The van der Waals surface area contributed by atoms with Gasteiger partial charge in [0, 0.05) is 56.1 Å². The zero-order valence-electron chi connectivity index (χ0n) is 19.9. The Bertz CT molecular complexity index is 633. The van der Waals surface area contributed by atoms with Crippen molar-refractivity contribution in [2.24, 2.45) is 4.99 Å². The Morgan fingerprint density at radius 2 is 1.77 bits per heavy atom. The Balaban J connectivity index is 0.00000480. The summed E-state index contributed by atoms with van der Waals surface area (Å²) in [5, 5.41) is 7.01. The van der Waals surface area contributed by atoms with Gasteiger partial charge in [0.05, 0.1) is 14.2 Å². The van der Waals surface area contributed by atoms with Crippen LogP contribution in [0.3, 0.4) is 0 Å². The van der Waals surface area contributed by atoms with Gasteiger partial charge in [-0.15, -0.1) is 24.0 Å². The van der Waals surface area contributed by atoms with Crippen LogP contribution in [0.25, 0.3) is 0 Å². The van der Waals surface area contributed by atoms with E-state index < -0.39 is 0 Å². The number of nitrogens with one attached hydrogen (secondary N) is 2. The van der Waals surface area contributed by atoms with E-state index in [0.29, 0.717) is 6.04 Å². The molecule has 8 heteroatoms. The first-order valence-electron chi connectivity index (χ1n) is 11.4. The van der Waals surface area contributed by atoms with Crippen LogP contribution < -0.4 is 25.0 Å². The molecule has 7 nitrogen and oxygen atoms in total. The average Bonchev–Trinajstić information content (AvgIpc) is 3.24. The monoisotopic (exact) mass is 547 g/mol. The van der Waals surface area contributed by atoms with Gasteiger partial charge in [0.1, 0.15) is 11.5 Å². The maximum Gasteiger partial charge on any atom is 0.191 e. The molecule has 1 saturated heterocycles. The minimum absolute atomic E-state index is 0. The number of benzene rings is 1. The number of anilines is 1. The number of hydrogen-bond acceptors (Lipinski definition) is 5. The lowest BCUT2D eigenvalue weighted by molar-refractivity contribution is 0.297. The number of nitrogens with zero attached hydrogens (tertiary/aromatic N) is 3. The van der Waals surface area contributed by atoms with Crippen molar-refractivity contribution >= 4 is 35.6 Å². The highest BCUT2D eigenvalue weighted by atomic mass is 127. The van der Waals surface area contributed by atoms with E-state index in [0.717, 1.165) is 81.8 Å². The minimum Gasteiger partial charge on any atom is -0.497 e. The normalized spacial score (nSPS) is 16.3. The summed E-state index contributed by atoms with van der Waals surface area (Å²) in [5.74, 6) is 2.57. The molecule has 1 unspecified atom stereocenters. The highest BCUT2D eigenvalue weighted by Crippen LogP contribution is 2.30. The molecule has 1 aromatic rings. The van der Waals surface area contributed by atoms with Crippen molar-refractivity contribution in [3.8, 4) is 11.5 Å². The molecule has 2 rings (SSSR count). The summed E-state index contributed by atoms with van der Waals surface area (Å²) in [6.07, 6.45) is 3.39. The molecule has 0 spiro atoms. The third kappa shape index (κ3) is 9.31. The fourth-order valence-corrected chi connectivity index (χ4v) is 3.78. The fraction of sp³-hybridized carbons (Fsp3) is 0.696. The van der Waals surface area contributed by atoms with Crippen molar-refractivity contribution in [2.75, 3.05) is 64.9 Å². The molecule has 1 aliphatic heterocycles. The van der Waals surface area contributed by atoms with Gasteiger partial charge in [-0.25, -0.2) is 0 Å². The van der Waals surface area contributed by atoms with Crippen LogP contribution in [0, 0.1) is 0 Å². The van der Waals surface area contributed by atoms with Crippen LogP contribution in [0.5, 0.6) is 11.5 Å². The Kier molecular flexibility index (Phi) is 13.7. The molecule has 1 aromatic carbocycles. The third-order valence-electron chi connectivity index (χ3n) is 5.62. The molecule has 178 valence electrons. The summed E-state index contributed by atoms with van der Waals surface area (Å²) < 4.78 is 10.8. The zero-order valence-corrected chi connectivity index (χ0v) is 22.3. The van der Waals surface area contributed by atoms with Gasteiger partial charge >= 0.3 is 0 Å². The van der Waals surface area contributed by atoms with Crippen LogP contribution in [-0.4, -0.2) is 76.9 Å². The molecule has 2 N–H and O–H groups in total. The number of halogens is 1. The Morgan fingerprint density at radius 3 is 2.35 bits per heavy atom. The highest BCUT2D eigenvalue weighted by Gasteiger charge is 2.24. The largest absolute Gasteiger partial charge is 0.497 e. The predicted molar refractivity (Wildman–Crippen MR) is 142 cm³/mol. The molecule has 1 fully saturated rings. The van der Waals surface area contributed by atoms with E-state index in [1.54, 1.807) is 14.2 Å². The van der Waals surface area contributed by atoms with Gasteiger partial charge in [-0.3, -0.25) is 4.99 Å². The molecule has 1 aliphatic rings. The Labute approximate surface area is 206 Å². The van der Waals surface area contributed by atoms with E-state index in [-0.39, 0.29) is 24.0 Å². The first-order valence-corrected chi connectivity index (χ1v) is 11.4. The van der Waals surface area contributed by atoms with E-state index >= 15 is 0 Å². The van der Waals surface area contributed by atoms with E-state index in [9.17, 15) is 0 Å². The SMILES string of the molecule is CCNC(=NCCCCN(CC)CC)NC1CCN(c2cc(OC)cc(OC)c2)C1.I. The van der Waals surface area contributed by atoms with Gasteiger partial charge in [0.15, 0.2) is 5.96 Å². The quantitative estimate of drug-likeness (QED) is 0.181. The number of aliphatic imine (C=N–C) groups is 1. The van der Waals surface area contributed by atoms with Gasteiger partial charge in [-0.2, -0.15) is 0 Å². The van der Waals surface area contributed by atoms with E-state index in [1.165, 1.54) is 6.42 Å². The molecule has 0 aromatic heterocycles. The van der Waals surface area contributed by atoms with Gasteiger partial charge < -0.3 is 29.9 Å². The van der Waals surface area contributed by atoms with Crippen molar-refractivity contribution in [1.29, 1.82) is 0 Å². The first-order chi connectivity index (χ1) is 14.6. The average molecular weight is 548 g/mol. The number of unbranched alkanes of at least 4 members (excludes halogenated alkanes) is 1. The summed E-state index contributed by atoms with van der Waals surface area (Å²) in [7, 11) is 3.38. The lowest BCUT2D eigenvalue weighted by Gasteiger charge is -2.21. The highest BCUT2D eigenvalue weighted by molar-refractivity contribution is 14.0. The van der Waals surface area contributed by atoms with Crippen molar-refractivity contribution in [1.82, 2.24) is 15.5 Å². The fourth-order valence-electron chi connectivity index (χ4n) is 3.78. The molecule has 31 heavy (non-hydrogen) atoms. The Morgan fingerprint density at radius 1 is 1.10 bits per heavy atom. The van der Waals surface area contributed by atoms with E-state index in [2.05, 4.69) is 53.3 Å². The van der Waals surface area contributed by atoms with E-state index in [1.807, 2.05) is 6.07 Å². The predicted octanol–water partition coefficient (Wildman–Crippen LogP) is 3.58. The summed E-state index contributed by atoms with van der Waals surface area (Å²) in [6, 6.07) is 6.42. The number of guanidine groups is 1. The van der Waals surface area contributed by atoms with Crippen LogP contribution in [-0.2, 0) is 0 Å². The van der Waals surface area contributed by atoms with Crippen LogP contribution in [0.2, 0.25) is 0 Å². The minimum atomic E-state index is 0. The molecule has 0 amide bonds. The summed E-state index contributed by atoms with van der Waals surface area (Å²) in [5.41, 5.74) is 1.13. The maximum absolute atomic E-state index is 5.42. The van der Waals surface area contributed by atoms with Crippen molar-refractivity contribution in [2.45, 2.75) is 46.1 Å². The molecule has 0 bridgehead atoms. The van der Waals surface area contributed by atoms with Crippen LogP contribution in [0.1, 0.15) is 40.0 Å². The van der Waals surface area contributed by atoms with Crippen LogP contribution in [0.15, 0.2) is 23.2 Å². The molecule has 0 aliphatic carbocycles. The standard InChI is InChI=1S/C23H41N5O2.HI/c1-6-24-23(25-12-9-10-13-27(7-2)8-3)26-19-11-14-28(18-19)20-15-21(29-4)17-22(16-20)30-5;/h15-17,19H,6-14,18H2,1-5H3,(H2,24,25,26);1H. The van der Waals surface area contributed by atoms with Gasteiger partial charge in [-0.05, 0) is 45.8 Å². The second kappa shape index (κ2) is 15.4. The van der Waals surface area contributed by atoms with E-state index in [4.69, 9.17) is 14.5 Å². The molecule has 1 atom stereocenters. The van der Waals surface area contributed by atoms with Crippen molar-refractivity contribution in [3.05, 3.63) is 18.2 Å². The van der Waals surface area contributed by atoms with Gasteiger partial charge in [-0.1, -0.05) is 13.8 Å². The van der Waals surface area contributed by atoms with Crippen LogP contribution >= 0.6 is 24.0 Å². The number of ether oxygens (including phenoxy) is 2. The number of methoxy groups -OCH3 is 2. The zero-order chi connectivity index (χ0) is 21.8. The van der Waals surface area contributed by atoms with Crippen LogP contribution in [0.4, 0.5) is 5.69 Å². The second-order valence-corrected chi connectivity index (χ2v) is 7.64. The molecule has 1 heterocycles. The lowest BCUT2D eigenvalue weighted by Crippen LogP contribution is -2.44.